The normalized spacial score (nSPS) is 16.9. The van der Waals surface area contributed by atoms with Gasteiger partial charge in [0.1, 0.15) is 18.1 Å². The van der Waals surface area contributed by atoms with E-state index < -0.39 is 0 Å². The minimum Gasteiger partial charge on any atom is -0.491 e. The Balaban J connectivity index is 1.42. The number of furan rings is 1. The van der Waals surface area contributed by atoms with E-state index in [0.29, 0.717) is 18.8 Å². The summed E-state index contributed by atoms with van der Waals surface area (Å²) in [5.41, 5.74) is 0.713. The Morgan fingerprint density at radius 2 is 2.25 bits per heavy atom. The molecule has 1 fully saturated rings. The zero-order chi connectivity index (χ0) is 16.6. The van der Waals surface area contributed by atoms with Gasteiger partial charge < -0.3 is 24.5 Å². The van der Waals surface area contributed by atoms with Gasteiger partial charge in [0.2, 0.25) is 5.91 Å². The number of anilines is 1. The molecule has 2 N–H and O–H groups in total. The standard InChI is InChI=1S/C18H22N2O4/c21-18(12-19-11-16-6-2-8-22-16)20-14-4-1-5-15(10-14)24-13-17-7-3-9-23-17/h1-2,4-6,8,10,17,19H,3,7,9,11-13H2,(H,20,21). The summed E-state index contributed by atoms with van der Waals surface area (Å²) in [5, 5.41) is 5.88. The largest absolute Gasteiger partial charge is 0.491 e. The second-order valence-electron chi connectivity index (χ2n) is 5.70. The fraction of sp³-hybridized carbons (Fsp3) is 0.389. The highest BCUT2D eigenvalue weighted by molar-refractivity contribution is 5.92. The van der Waals surface area contributed by atoms with Crippen LogP contribution in [0.2, 0.25) is 0 Å². The number of amides is 1. The molecule has 1 unspecified atom stereocenters. The summed E-state index contributed by atoms with van der Waals surface area (Å²) in [4.78, 5) is 12.0. The van der Waals surface area contributed by atoms with Gasteiger partial charge in [-0.3, -0.25) is 4.79 Å². The second-order valence-corrected chi connectivity index (χ2v) is 5.70. The number of benzene rings is 1. The predicted molar refractivity (Wildman–Crippen MR) is 90.0 cm³/mol. The molecule has 3 rings (SSSR count). The first-order valence-electron chi connectivity index (χ1n) is 8.17. The number of rotatable bonds is 8. The minimum atomic E-state index is -0.113. The van der Waals surface area contributed by atoms with Crippen LogP contribution in [0.1, 0.15) is 18.6 Å². The van der Waals surface area contributed by atoms with Crippen LogP contribution < -0.4 is 15.4 Å². The predicted octanol–water partition coefficient (Wildman–Crippen LogP) is 2.57. The summed E-state index contributed by atoms with van der Waals surface area (Å²) in [6.07, 6.45) is 3.92. The number of carbonyl (C=O) groups is 1. The van der Waals surface area contributed by atoms with Gasteiger partial charge in [-0.15, -0.1) is 0 Å². The Morgan fingerprint density at radius 1 is 1.29 bits per heavy atom. The van der Waals surface area contributed by atoms with Crippen molar-refractivity contribution in [1.29, 1.82) is 0 Å². The molecule has 2 aromatic rings. The van der Waals surface area contributed by atoms with E-state index in [1.807, 2.05) is 36.4 Å². The lowest BCUT2D eigenvalue weighted by atomic mass is 10.2. The van der Waals surface area contributed by atoms with E-state index in [2.05, 4.69) is 10.6 Å². The van der Waals surface area contributed by atoms with Crippen molar-refractivity contribution in [1.82, 2.24) is 5.32 Å². The van der Waals surface area contributed by atoms with Crippen LogP contribution in [0.3, 0.4) is 0 Å². The molecule has 128 valence electrons. The fourth-order valence-corrected chi connectivity index (χ4v) is 2.55. The molecule has 1 aliphatic rings. The van der Waals surface area contributed by atoms with E-state index in [9.17, 15) is 4.79 Å². The summed E-state index contributed by atoms with van der Waals surface area (Å²) in [7, 11) is 0. The molecule has 6 nitrogen and oxygen atoms in total. The number of hydrogen-bond acceptors (Lipinski definition) is 5. The maximum absolute atomic E-state index is 12.0. The van der Waals surface area contributed by atoms with E-state index in [1.165, 1.54) is 0 Å². The van der Waals surface area contributed by atoms with Gasteiger partial charge in [-0.1, -0.05) is 6.07 Å². The van der Waals surface area contributed by atoms with Gasteiger partial charge in [-0.2, -0.15) is 0 Å². The molecule has 0 aliphatic carbocycles. The van der Waals surface area contributed by atoms with Crippen molar-refractivity contribution in [2.75, 3.05) is 25.1 Å². The highest BCUT2D eigenvalue weighted by Gasteiger charge is 2.16. The van der Waals surface area contributed by atoms with Crippen LogP contribution in [0.5, 0.6) is 5.75 Å². The molecule has 1 saturated heterocycles. The lowest BCUT2D eigenvalue weighted by molar-refractivity contribution is -0.115. The zero-order valence-electron chi connectivity index (χ0n) is 13.5. The van der Waals surface area contributed by atoms with Gasteiger partial charge in [-0.25, -0.2) is 0 Å². The summed E-state index contributed by atoms with van der Waals surface area (Å²) in [6, 6.07) is 11.1. The third kappa shape index (κ3) is 5.11. The summed E-state index contributed by atoms with van der Waals surface area (Å²) in [5.74, 6) is 1.41. The van der Waals surface area contributed by atoms with Gasteiger partial charge >= 0.3 is 0 Å². The van der Waals surface area contributed by atoms with Crippen LogP contribution in [0, 0.1) is 0 Å². The maximum Gasteiger partial charge on any atom is 0.238 e. The van der Waals surface area contributed by atoms with E-state index in [1.54, 1.807) is 6.26 Å². The molecule has 0 saturated carbocycles. The van der Waals surface area contributed by atoms with E-state index in [-0.39, 0.29) is 18.6 Å². The van der Waals surface area contributed by atoms with Crippen LogP contribution in [0.25, 0.3) is 0 Å². The van der Waals surface area contributed by atoms with E-state index in [0.717, 1.165) is 31.0 Å². The summed E-state index contributed by atoms with van der Waals surface area (Å²) >= 11 is 0. The average Bonchev–Trinajstić information content (AvgIpc) is 3.27. The Bertz CT molecular complexity index is 636. The first-order valence-corrected chi connectivity index (χ1v) is 8.17. The van der Waals surface area contributed by atoms with Gasteiger partial charge in [0.05, 0.1) is 25.5 Å². The molecule has 0 radical (unpaired) electrons. The van der Waals surface area contributed by atoms with Crippen molar-refractivity contribution in [2.24, 2.45) is 0 Å². The first-order chi connectivity index (χ1) is 11.8. The Hall–Kier alpha value is -2.31. The molecule has 1 amide bonds. The zero-order valence-corrected chi connectivity index (χ0v) is 13.5. The maximum atomic E-state index is 12.0. The van der Waals surface area contributed by atoms with Crippen molar-refractivity contribution in [3.63, 3.8) is 0 Å². The monoisotopic (exact) mass is 330 g/mol. The van der Waals surface area contributed by atoms with Crippen molar-refractivity contribution in [3.05, 3.63) is 48.4 Å². The summed E-state index contributed by atoms with van der Waals surface area (Å²) in [6.45, 7) is 2.09. The number of nitrogens with one attached hydrogen (secondary N) is 2. The topological polar surface area (TPSA) is 72.7 Å². The first kappa shape index (κ1) is 16.5. The number of carbonyl (C=O) groups excluding carboxylic acids is 1. The Kier molecular flexibility index (Phi) is 5.87. The molecule has 1 aromatic carbocycles. The third-order valence-electron chi connectivity index (χ3n) is 3.74. The Labute approximate surface area is 141 Å². The highest BCUT2D eigenvalue weighted by Crippen LogP contribution is 2.19. The van der Waals surface area contributed by atoms with Crippen molar-refractivity contribution < 1.29 is 18.7 Å². The lowest BCUT2D eigenvalue weighted by Crippen LogP contribution is -2.27. The van der Waals surface area contributed by atoms with Crippen LogP contribution >= 0.6 is 0 Å². The van der Waals surface area contributed by atoms with Crippen LogP contribution in [-0.2, 0) is 16.1 Å². The Morgan fingerprint density at radius 3 is 3.04 bits per heavy atom. The number of ether oxygens (including phenoxy) is 2. The minimum absolute atomic E-state index is 0.113. The van der Waals surface area contributed by atoms with Crippen molar-refractivity contribution in [3.8, 4) is 5.75 Å². The van der Waals surface area contributed by atoms with Crippen molar-refractivity contribution in [2.45, 2.75) is 25.5 Å². The molecular weight excluding hydrogens is 308 g/mol. The summed E-state index contributed by atoms with van der Waals surface area (Å²) < 4.78 is 16.5. The number of hydrogen-bond donors (Lipinski definition) is 2. The fourth-order valence-electron chi connectivity index (χ4n) is 2.55. The molecule has 24 heavy (non-hydrogen) atoms. The third-order valence-corrected chi connectivity index (χ3v) is 3.74. The SMILES string of the molecule is O=C(CNCc1ccco1)Nc1cccc(OCC2CCCO2)c1. The molecule has 1 aromatic heterocycles. The van der Waals surface area contributed by atoms with E-state index >= 15 is 0 Å². The molecule has 1 aliphatic heterocycles. The molecule has 0 spiro atoms. The molecular formula is C18H22N2O4. The second kappa shape index (κ2) is 8.52. The van der Waals surface area contributed by atoms with Crippen LogP contribution in [-0.4, -0.2) is 31.8 Å². The molecule has 6 heteroatoms. The van der Waals surface area contributed by atoms with Gasteiger partial charge in [0.25, 0.3) is 0 Å². The average molecular weight is 330 g/mol. The highest BCUT2D eigenvalue weighted by atomic mass is 16.5. The molecule has 2 heterocycles. The lowest BCUT2D eigenvalue weighted by Gasteiger charge is -2.12. The quantitative estimate of drug-likeness (QED) is 0.778. The van der Waals surface area contributed by atoms with Gasteiger partial charge in [0, 0.05) is 18.4 Å². The smallest absolute Gasteiger partial charge is 0.238 e. The van der Waals surface area contributed by atoms with Gasteiger partial charge in [-0.05, 0) is 37.1 Å². The van der Waals surface area contributed by atoms with Crippen LogP contribution in [0.15, 0.2) is 47.1 Å². The molecule has 1 atom stereocenters. The van der Waals surface area contributed by atoms with Crippen molar-refractivity contribution >= 4 is 11.6 Å². The van der Waals surface area contributed by atoms with E-state index in [4.69, 9.17) is 13.9 Å². The van der Waals surface area contributed by atoms with Gasteiger partial charge in [0.15, 0.2) is 0 Å². The van der Waals surface area contributed by atoms with Crippen LogP contribution in [0.4, 0.5) is 5.69 Å². The molecule has 0 bridgehead atoms.